The first-order chi connectivity index (χ1) is 10.3. The molecule has 0 saturated heterocycles. The van der Waals surface area contributed by atoms with Crippen molar-refractivity contribution >= 4 is 11.3 Å². The standard InChI is InChI=1S/C19H29NS/c1-20-17(11-16-10-13-7-8-14(16)9-13)19-12-15-5-3-2-4-6-18(15)21-19/h12-14,16-17,20H,2-11H2,1H3. The van der Waals surface area contributed by atoms with E-state index in [0.717, 1.165) is 17.8 Å². The topological polar surface area (TPSA) is 12.0 Å². The number of aryl methyl sites for hydroxylation is 2. The summed E-state index contributed by atoms with van der Waals surface area (Å²) in [5.41, 5.74) is 1.68. The van der Waals surface area contributed by atoms with Gasteiger partial charge in [-0.05, 0) is 87.8 Å². The molecule has 0 aliphatic heterocycles. The quantitative estimate of drug-likeness (QED) is 0.763. The van der Waals surface area contributed by atoms with Gasteiger partial charge in [-0.25, -0.2) is 0 Å². The van der Waals surface area contributed by atoms with Crippen LogP contribution in [0, 0.1) is 17.8 Å². The van der Waals surface area contributed by atoms with Crippen molar-refractivity contribution in [3.05, 3.63) is 21.4 Å². The lowest BCUT2D eigenvalue weighted by atomic mass is 9.84. The van der Waals surface area contributed by atoms with Gasteiger partial charge in [-0.15, -0.1) is 11.3 Å². The molecule has 1 aromatic heterocycles. The van der Waals surface area contributed by atoms with Gasteiger partial charge in [-0.2, -0.15) is 0 Å². The zero-order valence-electron chi connectivity index (χ0n) is 13.4. The summed E-state index contributed by atoms with van der Waals surface area (Å²) < 4.78 is 0. The monoisotopic (exact) mass is 303 g/mol. The molecule has 1 heterocycles. The second-order valence-corrected chi connectivity index (χ2v) is 8.84. The van der Waals surface area contributed by atoms with Gasteiger partial charge in [-0.1, -0.05) is 12.8 Å². The fraction of sp³-hybridized carbons (Fsp3) is 0.789. The van der Waals surface area contributed by atoms with E-state index >= 15 is 0 Å². The lowest BCUT2D eigenvalue weighted by Crippen LogP contribution is -2.22. The molecule has 0 amide bonds. The SMILES string of the molecule is CNC(CC1CC2CCC1C2)c1cc2c(s1)CCCCC2. The van der Waals surface area contributed by atoms with Crippen LogP contribution in [-0.2, 0) is 12.8 Å². The number of thiophene rings is 1. The fourth-order valence-corrected chi connectivity index (χ4v) is 6.59. The zero-order valence-corrected chi connectivity index (χ0v) is 14.2. The van der Waals surface area contributed by atoms with E-state index in [1.54, 1.807) is 21.7 Å². The summed E-state index contributed by atoms with van der Waals surface area (Å²) in [6.07, 6.45) is 14.4. The normalized spacial score (nSPS) is 32.9. The number of hydrogen-bond acceptors (Lipinski definition) is 2. The molecule has 0 radical (unpaired) electrons. The molecule has 4 unspecified atom stereocenters. The highest BCUT2D eigenvalue weighted by atomic mass is 32.1. The Labute approximate surface area is 133 Å². The molecule has 1 nitrogen and oxygen atoms in total. The summed E-state index contributed by atoms with van der Waals surface area (Å²) in [6.45, 7) is 0. The van der Waals surface area contributed by atoms with E-state index in [9.17, 15) is 0 Å². The minimum atomic E-state index is 0.617. The molecule has 3 aliphatic carbocycles. The molecule has 1 N–H and O–H groups in total. The van der Waals surface area contributed by atoms with Crippen molar-refractivity contribution in [1.29, 1.82) is 0 Å². The Morgan fingerprint density at radius 1 is 1.19 bits per heavy atom. The van der Waals surface area contributed by atoms with Crippen LogP contribution in [0.15, 0.2) is 6.07 Å². The summed E-state index contributed by atoms with van der Waals surface area (Å²) in [4.78, 5) is 3.34. The molecule has 1 aromatic rings. The van der Waals surface area contributed by atoms with Gasteiger partial charge in [0.15, 0.2) is 0 Å². The van der Waals surface area contributed by atoms with Crippen LogP contribution in [0.1, 0.15) is 72.7 Å². The van der Waals surface area contributed by atoms with Crippen LogP contribution in [0.4, 0.5) is 0 Å². The maximum absolute atomic E-state index is 3.64. The predicted octanol–water partition coefficient (Wildman–Crippen LogP) is 5.10. The maximum Gasteiger partial charge on any atom is 0.0415 e. The van der Waals surface area contributed by atoms with Crippen molar-refractivity contribution in [3.8, 4) is 0 Å². The van der Waals surface area contributed by atoms with Gasteiger partial charge in [0.2, 0.25) is 0 Å². The molecule has 4 rings (SSSR count). The van der Waals surface area contributed by atoms with E-state index in [4.69, 9.17) is 0 Å². The molecule has 2 saturated carbocycles. The largest absolute Gasteiger partial charge is 0.312 e. The summed E-state index contributed by atoms with van der Waals surface area (Å²) in [7, 11) is 2.17. The average Bonchev–Trinajstić information content (AvgIpc) is 3.17. The molecule has 3 aliphatic rings. The minimum Gasteiger partial charge on any atom is -0.312 e. The molecule has 2 fully saturated rings. The number of rotatable bonds is 4. The molecule has 0 aromatic carbocycles. The van der Waals surface area contributed by atoms with Gasteiger partial charge in [0, 0.05) is 15.8 Å². The van der Waals surface area contributed by atoms with E-state index in [1.807, 2.05) is 0 Å². The molecule has 21 heavy (non-hydrogen) atoms. The van der Waals surface area contributed by atoms with Crippen LogP contribution >= 0.6 is 11.3 Å². The van der Waals surface area contributed by atoms with Crippen LogP contribution in [0.5, 0.6) is 0 Å². The summed E-state index contributed by atoms with van der Waals surface area (Å²) >= 11 is 2.12. The Balaban J connectivity index is 1.48. The maximum atomic E-state index is 3.64. The summed E-state index contributed by atoms with van der Waals surface area (Å²) in [5, 5.41) is 3.64. The van der Waals surface area contributed by atoms with Crippen molar-refractivity contribution in [2.45, 2.75) is 70.3 Å². The first-order valence-corrected chi connectivity index (χ1v) is 9.94. The third kappa shape index (κ3) is 2.82. The Hall–Kier alpha value is -0.340. The van der Waals surface area contributed by atoms with Gasteiger partial charge in [-0.3, -0.25) is 0 Å². The van der Waals surface area contributed by atoms with Crippen LogP contribution in [0.3, 0.4) is 0 Å². The number of nitrogens with one attached hydrogen (secondary N) is 1. The second kappa shape index (κ2) is 6.04. The van der Waals surface area contributed by atoms with Crippen molar-refractivity contribution < 1.29 is 0 Å². The Bertz CT molecular complexity index is 468. The van der Waals surface area contributed by atoms with Gasteiger partial charge in [0.05, 0.1) is 0 Å². The van der Waals surface area contributed by atoms with Gasteiger partial charge in [0.25, 0.3) is 0 Å². The lowest BCUT2D eigenvalue weighted by molar-refractivity contribution is 0.285. The highest BCUT2D eigenvalue weighted by Gasteiger charge is 2.40. The predicted molar refractivity (Wildman–Crippen MR) is 90.9 cm³/mol. The van der Waals surface area contributed by atoms with E-state index in [-0.39, 0.29) is 0 Å². The first kappa shape index (κ1) is 14.3. The average molecular weight is 304 g/mol. The van der Waals surface area contributed by atoms with Crippen LogP contribution in [0.25, 0.3) is 0 Å². The Kier molecular flexibility index (Phi) is 4.10. The smallest absolute Gasteiger partial charge is 0.0415 e. The van der Waals surface area contributed by atoms with Gasteiger partial charge < -0.3 is 5.32 Å². The van der Waals surface area contributed by atoms with Crippen LogP contribution < -0.4 is 5.32 Å². The molecule has 2 heteroatoms. The minimum absolute atomic E-state index is 0.617. The third-order valence-electron chi connectivity index (χ3n) is 6.38. The Morgan fingerprint density at radius 2 is 2.10 bits per heavy atom. The molecule has 2 bridgehead atoms. The van der Waals surface area contributed by atoms with Crippen molar-refractivity contribution in [1.82, 2.24) is 5.32 Å². The number of hydrogen-bond donors (Lipinski definition) is 1. The van der Waals surface area contributed by atoms with Crippen LogP contribution in [-0.4, -0.2) is 7.05 Å². The van der Waals surface area contributed by atoms with Gasteiger partial charge in [0.1, 0.15) is 0 Å². The molecule has 4 atom stereocenters. The Morgan fingerprint density at radius 3 is 2.86 bits per heavy atom. The summed E-state index contributed by atoms with van der Waals surface area (Å²) in [6, 6.07) is 3.17. The van der Waals surface area contributed by atoms with Gasteiger partial charge >= 0.3 is 0 Å². The van der Waals surface area contributed by atoms with E-state index in [1.165, 1.54) is 57.8 Å². The van der Waals surface area contributed by atoms with Crippen molar-refractivity contribution in [2.75, 3.05) is 7.05 Å². The first-order valence-electron chi connectivity index (χ1n) is 9.12. The second-order valence-electron chi connectivity index (χ2n) is 7.67. The fourth-order valence-electron chi connectivity index (χ4n) is 5.21. The number of fused-ring (bicyclic) bond motifs is 3. The van der Waals surface area contributed by atoms with Crippen molar-refractivity contribution in [3.63, 3.8) is 0 Å². The van der Waals surface area contributed by atoms with Crippen molar-refractivity contribution in [2.24, 2.45) is 17.8 Å². The molecule has 116 valence electrons. The van der Waals surface area contributed by atoms with E-state index in [2.05, 4.69) is 29.8 Å². The van der Waals surface area contributed by atoms with Crippen LogP contribution in [0.2, 0.25) is 0 Å². The molecular weight excluding hydrogens is 274 g/mol. The van der Waals surface area contributed by atoms with E-state index in [0.29, 0.717) is 6.04 Å². The summed E-state index contributed by atoms with van der Waals surface area (Å²) in [5.74, 6) is 3.14. The molecule has 0 spiro atoms. The third-order valence-corrected chi connectivity index (χ3v) is 7.73. The van der Waals surface area contributed by atoms with E-state index < -0.39 is 0 Å². The zero-order chi connectivity index (χ0) is 14.2. The lowest BCUT2D eigenvalue weighted by Gasteiger charge is -2.26. The highest BCUT2D eigenvalue weighted by molar-refractivity contribution is 7.12. The molecular formula is C19H29NS. The highest BCUT2D eigenvalue weighted by Crippen LogP contribution is 2.51.